The van der Waals surface area contributed by atoms with E-state index in [-0.39, 0.29) is 17.2 Å². The van der Waals surface area contributed by atoms with Gasteiger partial charge in [-0.05, 0) is 67.4 Å². The summed E-state index contributed by atoms with van der Waals surface area (Å²) in [5, 5.41) is 3.06. The second kappa shape index (κ2) is 9.14. The summed E-state index contributed by atoms with van der Waals surface area (Å²) in [6, 6.07) is 13.6. The molecular weight excluding hydrogens is 417 g/mol. The molecule has 1 aliphatic heterocycles. The zero-order chi connectivity index (χ0) is 22.8. The molecule has 32 heavy (non-hydrogen) atoms. The molecule has 1 N–H and O–H groups in total. The van der Waals surface area contributed by atoms with Gasteiger partial charge in [0.15, 0.2) is 0 Å². The number of methoxy groups -OCH3 is 1. The summed E-state index contributed by atoms with van der Waals surface area (Å²) in [5.41, 5.74) is 0.846. The highest BCUT2D eigenvalue weighted by molar-refractivity contribution is 5.82. The largest absolute Gasteiger partial charge is 0.496 e. The van der Waals surface area contributed by atoms with Crippen molar-refractivity contribution in [3.63, 3.8) is 0 Å². The maximum atomic E-state index is 13.3. The number of alkyl halides is 3. The third-order valence-corrected chi connectivity index (χ3v) is 6.96. The standard InChI is InChI=1S/C25H29F3N2O2/c1-32-22-9-5-3-6-18(22)10-13-29-23(31)21-16-24(21)11-14-30(15-12-24)17-19-7-2-4-8-20(19)25(26,27)28/h2-9,21H,10-17H2,1H3,(H,29,31)/t21-/m1/s1. The molecule has 7 heteroatoms. The van der Waals surface area contributed by atoms with E-state index in [9.17, 15) is 18.0 Å². The number of nitrogens with zero attached hydrogens (tertiary/aromatic N) is 1. The second-order valence-corrected chi connectivity index (χ2v) is 8.90. The quantitative estimate of drug-likeness (QED) is 0.672. The van der Waals surface area contributed by atoms with E-state index in [4.69, 9.17) is 4.74 Å². The van der Waals surface area contributed by atoms with Crippen molar-refractivity contribution in [2.75, 3.05) is 26.7 Å². The highest BCUT2D eigenvalue weighted by Gasteiger charge is 2.58. The minimum Gasteiger partial charge on any atom is -0.496 e. The van der Waals surface area contributed by atoms with Gasteiger partial charge in [-0.25, -0.2) is 0 Å². The zero-order valence-corrected chi connectivity index (χ0v) is 18.3. The number of carbonyl (C=O) groups is 1. The number of hydrogen-bond donors (Lipinski definition) is 1. The van der Waals surface area contributed by atoms with Crippen LogP contribution >= 0.6 is 0 Å². The van der Waals surface area contributed by atoms with Gasteiger partial charge in [-0.3, -0.25) is 9.69 Å². The van der Waals surface area contributed by atoms with Crippen LogP contribution in [0.2, 0.25) is 0 Å². The summed E-state index contributed by atoms with van der Waals surface area (Å²) >= 11 is 0. The first-order valence-corrected chi connectivity index (χ1v) is 11.1. The van der Waals surface area contributed by atoms with E-state index in [1.54, 1.807) is 19.2 Å². The van der Waals surface area contributed by atoms with Gasteiger partial charge in [-0.2, -0.15) is 13.2 Å². The van der Waals surface area contributed by atoms with Gasteiger partial charge in [0.2, 0.25) is 5.91 Å². The maximum Gasteiger partial charge on any atom is 0.416 e. The van der Waals surface area contributed by atoms with E-state index in [1.807, 2.05) is 24.3 Å². The van der Waals surface area contributed by atoms with Crippen molar-refractivity contribution >= 4 is 5.91 Å². The molecule has 1 aliphatic carbocycles. The average Bonchev–Trinajstić information content (AvgIpc) is 3.49. The lowest BCUT2D eigenvalue weighted by Gasteiger charge is -2.33. The molecule has 172 valence electrons. The van der Waals surface area contributed by atoms with E-state index in [0.717, 1.165) is 49.7 Å². The van der Waals surface area contributed by atoms with Crippen LogP contribution in [0.15, 0.2) is 48.5 Å². The zero-order valence-electron chi connectivity index (χ0n) is 18.3. The molecule has 1 saturated heterocycles. The van der Waals surface area contributed by atoms with Crippen molar-refractivity contribution in [2.45, 2.75) is 38.4 Å². The molecule has 2 aliphatic rings. The summed E-state index contributed by atoms with van der Waals surface area (Å²) in [4.78, 5) is 14.7. The van der Waals surface area contributed by atoms with E-state index >= 15 is 0 Å². The molecule has 2 aromatic carbocycles. The van der Waals surface area contributed by atoms with E-state index in [1.165, 1.54) is 6.07 Å². The summed E-state index contributed by atoms with van der Waals surface area (Å²) in [6.45, 7) is 2.29. The number of likely N-dealkylation sites (tertiary alicyclic amines) is 1. The topological polar surface area (TPSA) is 41.6 Å². The second-order valence-electron chi connectivity index (χ2n) is 8.90. The molecule has 2 fully saturated rings. The summed E-state index contributed by atoms with van der Waals surface area (Å²) < 4.78 is 45.1. The van der Waals surface area contributed by atoms with Crippen molar-refractivity contribution in [3.8, 4) is 5.75 Å². The maximum absolute atomic E-state index is 13.3. The smallest absolute Gasteiger partial charge is 0.416 e. The van der Waals surface area contributed by atoms with E-state index < -0.39 is 11.7 Å². The molecule has 1 spiro atoms. The molecule has 0 radical (unpaired) electrons. The normalized spacial score (nSPS) is 20.2. The number of hydrogen-bond acceptors (Lipinski definition) is 3. The Bertz CT molecular complexity index is 952. The molecule has 2 aromatic rings. The predicted molar refractivity (Wildman–Crippen MR) is 116 cm³/mol. The minimum atomic E-state index is -4.34. The lowest BCUT2D eigenvalue weighted by Crippen LogP contribution is -2.37. The Morgan fingerprint density at radius 3 is 2.44 bits per heavy atom. The predicted octanol–water partition coefficient (Wildman–Crippen LogP) is 4.68. The number of nitrogens with one attached hydrogen (secondary N) is 1. The fourth-order valence-electron chi connectivity index (χ4n) is 4.96. The van der Waals surface area contributed by atoms with Crippen LogP contribution in [0.5, 0.6) is 5.75 Å². The fraction of sp³-hybridized carbons (Fsp3) is 0.480. The Morgan fingerprint density at radius 2 is 1.75 bits per heavy atom. The van der Waals surface area contributed by atoms with Crippen LogP contribution in [0.1, 0.15) is 36.0 Å². The van der Waals surface area contributed by atoms with Crippen LogP contribution in [-0.2, 0) is 23.9 Å². The minimum absolute atomic E-state index is 0.0183. The molecule has 1 saturated carbocycles. The number of piperidine rings is 1. The molecule has 4 rings (SSSR count). The monoisotopic (exact) mass is 446 g/mol. The summed E-state index contributed by atoms with van der Waals surface area (Å²) in [5.74, 6) is 0.935. The SMILES string of the molecule is COc1ccccc1CCNC(=O)[C@H]1CC12CCN(Cc1ccccc1C(F)(F)F)CC2. The number of benzene rings is 2. The van der Waals surface area contributed by atoms with Gasteiger partial charge in [-0.1, -0.05) is 36.4 Å². The Kier molecular flexibility index (Phi) is 6.47. The third-order valence-electron chi connectivity index (χ3n) is 6.96. The number of amides is 1. The van der Waals surface area contributed by atoms with Crippen LogP contribution < -0.4 is 10.1 Å². The number of para-hydroxylation sites is 1. The van der Waals surface area contributed by atoms with E-state index in [2.05, 4.69) is 10.2 Å². The lowest BCUT2D eigenvalue weighted by molar-refractivity contribution is -0.138. The van der Waals surface area contributed by atoms with E-state index in [0.29, 0.717) is 25.1 Å². The van der Waals surface area contributed by atoms with Crippen LogP contribution in [0.3, 0.4) is 0 Å². The van der Waals surface area contributed by atoms with Gasteiger partial charge in [-0.15, -0.1) is 0 Å². The first-order valence-electron chi connectivity index (χ1n) is 11.1. The first-order chi connectivity index (χ1) is 15.3. The van der Waals surface area contributed by atoms with Gasteiger partial charge in [0.25, 0.3) is 0 Å². The molecule has 0 bridgehead atoms. The van der Waals surface area contributed by atoms with Crippen LogP contribution in [-0.4, -0.2) is 37.6 Å². The number of halogens is 3. The Morgan fingerprint density at radius 1 is 1.09 bits per heavy atom. The third kappa shape index (κ3) is 4.93. The fourth-order valence-corrected chi connectivity index (χ4v) is 4.96. The lowest BCUT2D eigenvalue weighted by atomic mass is 9.90. The van der Waals surface area contributed by atoms with Crippen LogP contribution in [0, 0.1) is 11.3 Å². The van der Waals surface area contributed by atoms with Gasteiger partial charge in [0, 0.05) is 19.0 Å². The molecule has 1 amide bonds. The Balaban J connectivity index is 1.25. The van der Waals surface area contributed by atoms with Crippen molar-refractivity contribution in [1.29, 1.82) is 0 Å². The Hall–Kier alpha value is -2.54. The van der Waals surface area contributed by atoms with Crippen molar-refractivity contribution < 1.29 is 22.7 Å². The van der Waals surface area contributed by atoms with Gasteiger partial charge in [0.1, 0.15) is 5.75 Å². The van der Waals surface area contributed by atoms with Crippen molar-refractivity contribution in [2.24, 2.45) is 11.3 Å². The molecular formula is C25H29F3N2O2. The summed E-state index contributed by atoms with van der Waals surface area (Å²) in [6.07, 6.45) is -1.04. The molecule has 4 nitrogen and oxygen atoms in total. The summed E-state index contributed by atoms with van der Waals surface area (Å²) in [7, 11) is 1.64. The van der Waals surface area contributed by atoms with Crippen LogP contribution in [0.4, 0.5) is 13.2 Å². The molecule has 1 heterocycles. The number of rotatable bonds is 7. The van der Waals surface area contributed by atoms with Crippen LogP contribution in [0.25, 0.3) is 0 Å². The first kappa shape index (κ1) is 22.6. The number of ether oxygens (including phenoxy) is 1. The molecule has 1 atom stereocenters. The molecule has 0 aromatic heterocycles. The van der Waals surface area contributed by atoms with Crippen molar-refractivity contribution in [1.82, 2.24) is 10.2 Å². The van der Waals surface area contributed by atoms with Gasteiger partial charge >= 0.3 is 6.18 Å². The van der Waals surface area contributed by atoms with Gasteiger partial charge < -0.3 is 10.1 Å². The van der Waals surface area contributed by atoms with Gasteiger partial charge in [0.05, 0.1) is 12.7 Å². The van der Waals surface area contributed by atoms with Crippen molar-refractivity contribution in [3.05, 3.63) is 65.2 Å². The number of carbonyl (C=O) groups excluding carboxylic acids is 1. The Labute approximate surface area is 186 Å². The average molecular weight is 447 g/mol. The highest BCUT2D eigenvalue weighted by atomic mass is 19.4. The highest BCUT2D eigenvalue weighted by Crippen LogP contribution is 2.59. The molecule has 0 unspecified atom stereocenters.